The van der Waals surface area contributed by atoms with E-state index >= 15 is 0 Å². The molecule has 174 valence electrons. The number of para-hydroxylation sites is 2. The molecule has 4 atom stereocenters. The second-order valence-electron chi connectivity index (χ2n) is 9.58. The maximum atomic E-state index is 12.8. The third-order valence-electron chi connectivity index (χ3n) is 6.48. The van der Waals surface area contributed by atoms with Gasteiger partial charge in [0.05, 0.1) is 29.2 Å². The monoisotopic (exact) mass is 457 g/mol. The van der Waals surface area contributed by atoms with Crippen LogP contribution >= 0.6 is 11.8 Å². The van der Waals surface area contributed by atoms with E-state index in [0.717, 1.165) is 41.9 Å². The Hall–Kier alpha value is -2.22. The minimum Gasteiger partial charge on any atom is -0.346 e. The van der Waals surface area contributed by atoms with Crippen molar-refractivity contribution in [2.75, 3.05) is 5.75 Å². The van der Waals surface area contributed by atoms with Gasteiger partial charge >= 0.3 is 6.03 Å². The Balaban J connectivity index is 1.34. The molecule has 1 aromatic heterocycles. The number of imidazole rings is 1. The zero-order valence-electron chi connectivity index (χ0n) is 19.4. The van der Waals surface area contributed by atoms with Gasteiger partial charge in [0, 0.05) is 23.5 Å². The highest BCUT2D eigenvalue weighted by atomic mass is 32.2. The standard InChI is InChI=1S/C24H35N5O2S/c1-14(2)21(23-25-16-9-5-6-10-18(16)29(23)15(3)4)27-20(30)12-8-7-11-19-22-17(13-32-19)26-24(31)28-22/h5-6,9-10,14-15,17,19,21-22H,7-8,11-13H2,1-4H3,(H,27,30)(H2,26,28,31)/t17-,19+,21+,22-/m1/s1. The molecule has 2 saturated heterocycles. The number of fused-ring (bicyclic) bond motifs is 2. The van der Waals surface area contributed by atoms with Gasteiger partial charge in [0.2, 0.25) is 5.91 Å². The molecular formula is C24H35N5O2S. The maximum absolute atomic E-state index is 12.8. The van der Waals surface area contributed by atoms with Gasteiger partial charge in [-0.15, -0.1) is 0 Å². The van der Waals surface area contributed by atoms with Crippen LogP contribution in [0.2, 0.25) is 0 Å². The molecule has 2 aliphatic rings. The molecule has 1 aromatic carbocycles. The summed E-state index contributed by atoms with van der Waals surface area (Å²) in [4.78, 5) is 29.3. The van der Waals surface area contributed by atoms with Gasteiger partial charge < -0.3 is 20.5 Å². The Bertz CT molecular complexity index is 972. The van der Waals surface area contributed by atoms with Gasteiger partial charge in [-0.25, -0.2) is 9.78 Å². The van der Waals surface area contributed by atoms with E-state index in [0.29, 0.717) is 11.7 Å². The normalized spacial score (nSPS) is 23.4. The zero-order chi connectivity index (χ0) is 22.8. The summed E-state index contributed by atoms with van der Waals surface area (Å²) in [5.74, 6) is 2.22. The smallest absolute Gasteiger partial charge is 0.315 e. The van der Waals surface area contributed by atoms with Gasteiger partial charge in [0.1, 0.15) is 5.82 Å². The Morgan fingerprint density at radius 1 is 1.22 bits per heavy atom. The number of rotatable bonds is 9. The summed E-state index contributed by atoms with van der Waals surface area (Å²) in [6, 6.07) is 8.75. The molecule has 2 fully saturated rings. The van der Waals surface area contributed by atoms with Crippen molar-refractivity contribution in [2.45, 2.75) is 82.8 Å². The topological polar surface area (TPSA) is 88.1 Å². The molecule has 7 nitrogen and oxygen atoms in total. The van der Waals surface area contributed by atoms with Crippen molar-refractivity contribution >= 4 is 34.7 Å². The van der Waals surface area contributed by atoms with Crippen LogP contribution in [0.3, 0.4) is 0 Å². The summed E-state index contributed by atoms with van der Waals surface area (Å²) in [6.07, 6.45) is 3.38. The summed E-state index contributed by atoms with van der Waals surface area (Å²) in [6.45, 7) is 8.58. The number of thioether (sulfide) groups is 1. The number of unbranched alkanes of at least 4 members (excludes halogenated alkanes) is 1. The predicted octanol–water partition coefficient (Wildman–Crippen LogP) is 4.16. The van der Waals surface area contributed by atoms with Crippen LogP contribution in [0.4, 0.5) is 4.79 Å². The molecule has 0 unspecified atom stereocenters. The van der Waals surface area contributed by atoms with Gasteiger partial charge in [0.25, 0.3) is 0 Å². The predicted molar refractivity (Wildman–Crippen MR) is 130 cm³/mol. The third kappa shape index (κ3) is 4.75. The van der Waals surface area contributed by atoms with Crippen LogP contribution in [0.15, 0.2) is 24.3 Å². The van der Waals surface area contributed by atoms with Crippen molar-refractivity contribution in [2.24, 2.45) is 5.92 Å². The lowest BCUT2D eigenvalue weighted by Crippen LogP contribution is -2.36. The highest BCUT2D eigenvalue weighted by molar-refractivity contribution is 8.00. The van der Waals surface area contributed by atoms with E-state index in [-0.39, 0.29) is 42.0 Å². The number of hydrogen-bond acceptors (Lipinski definition) is 4. The first-order chi connectivity index (χ1) is 15.3. The fourth-order valence-electron chi connectivity index (χ4n) is 4.87. The minimum atomic E-state index is -0.122. The van der Waals surface area contributed by atoms with E-state index in [1.54, 1.807) is 0 Å². The Kier molecular flexibility index (Phi) is 6.98. The van der Waals surface area contributed by atoms with Gasteiger partial charge in [-0.05, 0) is 44.7 Å². The summed E-state index contributed by atoms with van der Waals surface area (Å²) in [5.41, 5.74) is 2.08. The molecular weight excluding hydrogens is 422 g/mol. The Labute approximate surface area is 194 Å². The number of carbonyl (C=O) groups is 2. The molecule has 32 heavy (non-hydrogen) atoms. The van der Waals surface area contributed by atoms with Crippen LogP contribution in [0.5, 0.6) is 0 Å². The van der Waals surface area contributed by atoms with Crippen molar-refractivity contribution < 1.29 is 9.59 Å². The molecule has 2 aromatic rings. The highest BCUT2D eigenvalue weighted by Crippen LogP contribution is 2.33. The van der Waals surface area contributed by atoms with Crippen LogP contribution in [-0.2, 0) is 4.79 Å². The van der Waals surface area contributed by atoms with E-state index in [2.05, 4.69) is 54.3 Å². The number of aromatic nitrogens is 2. The molecule has 0 saturated carbocycles. The van der Waals surface area contributed by atoms with Crippen molar-refractivity contribution in [3.05, 3.63) is 30.1 Å². The molecule has 8 heteroatoms. The Morgan fingerprint density at radius 2 is 2.00 bits per heavy atom. The molecule has 0 bridgehead atoms. The van der Waals surface area contributed by atoms with Gasteiger partial charge in [0.15, 0.2) is 0 Å². The summed E-state index contributed by atoms with van der Waals surface area (Å²) in [5, 5.41) is 9.73. The fourth-order valence-corrected chi connectivity index (χ4v) is 6.42. The number of nitrogens with zero attached hydrogens (tertiary/aromatic N) is 2. The second-order valence-corrected chi connectivity index (χ2v) is 10.9. The third-order valence-corrected chi connectivity index (χ3v) is 7.99. The average molecular weight is 458 g/mol. The van der Waals surface area contributed by atoms with Crippen molar-refractivity contribution in [1.82, 2.24) is 25.5 Å². The quantitative estimate of drug-likeness (QED) is 0.390. The van der Waals surface area contributed by atoms with Crippen molar-refractivity contribution in [3.63, 3.8) is 0 Å². The molecule has 0 radical (unpaired) electrons. The molecule has 4 rings (SSSR count). The largest absolute Gasteiger partial charge is 0.346 e. The molecule has 2 aliphatic heterocycles. The van der Waals surface area contributed by atoms with Gasteiger partial charge in [-0.2, -0.15) is 11.8 Å². The zero-order valence-corrected chi connectivity index (χ0v) is 20.2. The van der Waals surface area contributed by atoms with Crippen LogP contribution < -0.4 is 16.0 Å². The molecule has 3 N–H and O–H groups in total. The van der Waals surface area contributed by atoms with E-state index in [9.17, 15) is 9.59 Å². The molecule has 0 aliphatic carbocycles. The summed E-state index contributed by atoms with van der Waals surface area (Å²) >= 11 is 1.92. The number of hydrogen-bond donors (Lipinski definition) is 3. The highest BCUT2D eigenvalue weighted by Gasteiger charge is 2.42. The number of urea groups is 1. The molecule has 3 amide bonds. The molecule has 3 heterocycles. The average Bonchev–Trinajstić information content (AvgIpc) is 3.41. The van der Waals surface area contributed by atoms with E-state index in [1.807, 2.05) is 30.0 Å². The lowest BCUT2D eigenvalue weighted by atomic mass is 10.0. The number of carbonyl (C=O) groups excluding carboxylic acids is 2. The first-order valence-corrected chi connectivity index (χ1v) is 12.8. The maximum Gasteiger partial charge on any atom is 0.315 e. The minimum absolute atomic E-state index is 0.0446. The first-order valence-electron chi connectivity index (χ1n) is 11.8. The summed E-state index contributed by atoms with van der Waals surface area (Å²) in [7, 11) is 0. The van der Waals surface area contributed by atoms with Crippen molar-refractivity contribution in [3.8, 4) is 0 Å². The lowest BCUT2D eigenvalue weighted by Gasteiger charge is -2.25. The second kappa shape index (κ2) is 9.73. The Morgan fingerprint density at radius 3 is 2.75 bits per heavy atom. The van der Waals surface area contributed by atoms with Crippen LogP contribution in [0, 0.1) is 5.92 Å². The van der Waals surface area contributed by atoms with Crippen LogP contribution in [0.1, 0.15) is 71.3 Å². The number of benzene rings is 1. The van der Waals surface area contributed by atoms with Crippen LogP contribution in [0.25, 0.3) is 11.0 Å². The van der Waals surface area contributed by atoms with E-state index in [4.69, 9.17) is 4.98 Å². The SMILES string of the molecule is CC(C)[C@H](NC(=O)CCCC[C@@H]1SC[C@H]2NC(=O)N[C@@H]12)c1nc2ccccc2n1C(C)C. The fraction of sp³-hybridized carbons (Fsp3) is 0.625. The van der Waals surface area contributed by atoms with E-state index in [1.165, 1.54) is 0 Å². The van der Waals surface area contributed by atoms with E-state index < -0.39 is 0 Å². The first kappa shape index (κ1) is 23.0. The van der Waals surface area contributed by atoms with Crippen molar-refractivity contribution in [1.29, 1.82) is 0 Å². The van der Waals surface area contributed by atoms with Crippen LogP contribution in [-0.4, -0.2) is 44.6 Å². The van der Waals surface area contributed by atoms with Gasteiger partial charge in [-0.1, -0.05) is 32.4 Å². The summed E-state index contributed by atoms with van der Waals surface area (Å²) < 4.78 is 2.25. The number of nitrogens with one attached hydrogen (secondary N) is 3. The lowest BCUT2D eigenvalue weighted by molar-refractivity contribution is -0.122. The molecule has 0 spiro atoms. The number of amides is 3. The van der Waals surface area contributed by atoms with Gasteiger partial charge in [-0.3, -0.25) is 4.79 Å².